The number of benzene rings is 3. The Kier molecular flexibility index (Phi) is 7.17. The third-order valence-corrected chi connectivity index (χ3v) is 5.67. The van der Waals surface area contributed by atoms with E-state index in [2.05, 4.69) is 10.6 Å². The van der Waals surface area contributed by atoms with Crippen molar-refractivity contribution in [3.8, 4) is 5.75 Å². The first-order valence-corrected chi connectivity index (χ1v) is 11.4. The first-order valence-electron chi connectivity index (χ1n) is 11.0. The lowest BCUT2D eigenvalue weighted by Crippen LogP contribution is -2.54. The second-order valence-electron chi connectivity index (χ2n) is 8.16. The number of carbonyl (C=O) groups is 4. The Balaban J connectivity index is 1.43. The molecule has 4 rings (SSSR count). The molecule has 36 heavy (non-hydrogen) atoms. The number of hydrogen-bond acceptors (Lipinski definition) is 5. The zero-order chi connectivity index (χ0) is 25.8. The van der Waals surface area contributed by atoms with Gasteiger partial charge in [-0.25, -0.2) is 9.69 Å². The van der Waals surface area contributed by atoms with Gasteiger partial charge in [0.15, 0.2) is 6.61 Å². The average Bonchev–Trinajstić information content (AvgIpc) is 2.84. The van der Waals surface area contributed by atoms with E-state index in [1.165, 1.54) is 30.3 Å². The van der Waals surface area contributed by atoms with E-state index in [0.717, 1.165) is 21.7 Å². The fourth-order valence-electron chi connectivity index (χ4n) is 3.51. The lowest BCUT2D eigenvalue weighted by Gasteiger charge is -2.26. The smallest absolute Gasteiger partial charge is 0.335 e. The number of carbonyl (C=O) groups excluding carboxylic acids is 4. The van der Waals surface area contributed by atoms with E-state index in [1.807, 2.05) is 32.0 Å². The van der Waals surface area contributed by atoms with Crippen molar-refractivity contribution in [1.29, 1.82) is 0 Å². The Hall–Kier alpha value is -4.43. The summed E-state index contributed by atoms with van der Waals surface area (Å²) < 4.78 is 5.55. The monoisotopic (exact) mass is 503 g/mol. The number of amides is 5. The van der Waals surface area contributed by atoms with Crippen molar-refractivity contribution in [3.05, 3.63) is 94.0 Å². The molecule has 0 unspecified atom stereocenters. The van der Waals surface area contributed by atoms with Crippen molar-refractivity contribution in [2.45, 2.75) is 13.8 Å². The highest BCUT2D eigenvalue weighted by Gasteiger charge is 2.36. The van der Waals surface area contributed by atoms with Gasteiger partial charge < -0.3 is 10.1 Å². The van der Waals surface area contributed by atoms with Gasteiger partial charge in [0.05, 0.1) is 5.69 Å². The van der Waals surface area contributed by atoms with Crippen LogP contribution in [0.2, 0.25) is 5.02 Å². The van der Waals surface area contributed by atoms with E-state index in [9.17, 15) is 19.2 Å². The van der Waals surface area contributed by atoms with Crippen molar-refractivity contribution >= 4 is 52.8 Å². The molecule has 9 heteroatoms. The summed E-state index contributed by atoms with van der Waals surface area (Å²) in [5.41, 5.74) is 3.32. The average molecular weight is 504 g/mol. The molecule has 1 fully saturated rings. The molecule has 0 aliphatic carbocycles. The minimum atomic E-state index is -0.840. The summed E-state index contributed by atoms with van der Waals surface area (Å²) in [5, 5.41) is 5.44. The molecule has 1 heterocycles. The maximum Gasteiger partial charge on any atom is 0.335 e. The van der Waals surface area contributed by atoms with Crippen molar-refractivity contribution in [1.82, 2.24) is 5.32 Å². The van der Waals surface area contributed by atoms with Crippen LogP contribution in [0.5, 0.6) is 5.75 Å². The maximum absolute atomic E-state index is 12.9. The fraction of sp³-hybridized carbons (Fsp3) is 0.111. The van der Waals surface area contributed by atoms with Crippen molar-refractivity contribution in [2.75, 3.05) is 16.8 Å². The van der Waals surface area contributed by atoms with Gasteiger partial charge in [-0.1, -0.05) is 35.9 Å². The van der Waals surface area contributed by atoms with Crippen molar-refractivity contribution in [3.63, 3.8) is 0 Å². The zero-order valence-electron chi connectivity index (χ0n) is 19.5. The highest BCUT2D eigenvalue weighted by molar-refractivity contribution is 6.39. The molecule has 2 N–H and O–H groups in total. The number of anilines is 2. The summed E-state index contributed by atoms with van der Waals surface area (Å²) >= 11 is 5.88. The number of nitrogens with zero attached hydrogens (tertiary/aromatic N) is 1. The Bertz CT molecular complexity index is 1380. The van der Waals surface area contributed by atoms with E-state index < -0.39 is 17.8 Å². The summed E-state index contributed by atoms with van der Waals surface area (Å²) in [4.78, 5) is 50.7. The Labute approximate surface area is 212 Å². The summed E-state index contributed by atoms with van der Waals surface area (Å²) in [7, 11) is 0. The largest absolute Gasteiger partial charge is 0.484 e. The zero-order valence-corrected chi connectivity index (χ0v) is 20.3. The number of halogens is 1. The van der Waals surface area contributed by atoms with Gasteiger partial charge in [0.1, 0.15) is 11.3 Å². The van der Waals surface area contributed by atoms with Crippen LogP contribution >= 0.6 is 11.6 Å². The fourth-order valence-corrected chi connectivity index (χ4v) is 3.64. The van der Waals surface area contributed by atoms with E-state index in [4.69, 9.17) is 16.3 Å². The van der Waals surface area contributed by atoms with Gasteiger partial charge in [0.2, 0.25) is 0 Å². The molecule has 5 amide bonds. The quantitative estimate of drug-likeness (QED) is 0.376. The predicted molar refractivity (Wildman–Crippen MR) is 137 cm³/mol. The second-order valence-corrected chi connectivity index (χ2v) is 8.59. The minimum absolute atomic E-state index is 0.188. The minimum Gasteiger partial charge on any atom is -0.484 e. The van der Waals surface area contributed by atoms with E-state index >= 15 is 0 Å². The molecule has 0 aromatic heterocycles. The second kappa shape index (κ2) is 10.5. The van der Waals surface area contributed by atoms with Crippen LogP contribution in [-0.4, -0.2) is 30.4 Å². The SMILES string of the molecule is Cc1ccc(C)c(NC(=O)COc2ccc(/C=C3/C(=O)NC(=O)N(c4ccc(Cl)cc4)C3=O)cc2)c1. The lowest BCUT2D eigenvalue weighted by atomic mass is 10.1. The van der Waals surface area contributed by atoms with Crippen LogP contribution in [0.3, 0.4) is 0 Å². The summed E-state index contributed by atoms with van der Waals surface area (Å²) in [6.07, 6.45) is 1.38. The Morgan fingerprint density at radius 2 is 1.69 bits per heavy atom. The number of hydrogen-bond donors (Lipinski definition) is 2. The summed E-state index contributed by atoms with van der Waals surface area (Å²) in [6.45, 7) is 3.66. The molecule has 8 nitrogen and oxygen atoms in total. The van der Waals surface area contributed by atoms with Crippen LogP contribution in [0.4, 0.5) is 16.2 Å². The molecule has 0 radical (unpaired) electrons. The number of urea groups is 1. The van der Waals surface area contributed by atoms with Crippen LogP contribution in [-0.2, 0) is 14.4 Å². The van der Waals surface area contributed by atoms with Crippen LogP contribution in [0.25, 0.3) is 6.08 Å². The predicted octanol–water partition coefficient (Wildman–Crippen LogP) is 4.64. The first-order chi connectivity index (χ1) is 17.2. The van der Waals surface area contributed by atoms with E-state index in [0.29, 0.717) is 16.3 Å². The third kappa shape index (κ3) is 5.61. The number of imide groups is 2. The Morgan fingerprint density at radius 1 is 1.00 bits per heavy atom. The van der Waals surface area contributed by atoms with Gasteiger partial charge in [-0.05, 0) is 79.1 Å². The number of barbiturate groups is 1. The molecule has 0 spiro atoms. The first kappa shape index (κ1) is 24.7. The molecule has 0 atom stereocenters. The van der Waals surface area contributed by atoms with Crippen molar-refractivity contribution in [2.24, 2.45) is 0 Å². The van der Waals surface area contributed by atoms with Crippen LogP contribution in [0.15, 0.2) is 72.3 Å². The van der Waals surface area contributed by atoms with Crippen LogP contribution in [0, 0.1) is 13.8 Å². The molecular formula is C27H22ClN3O5. The molecule has 1 aliphatic heterocycles. The molecule has 3 aromatic carbocycles. The normalized spacial score (nSPS) is 14.6. The highest BCUT2D eigenvalue weighted by atomic mass is 35.5. The number of nitrogens with one attached hydrogen (secondary N) is 2. The molecule has 182 valence electrons. The van der Waals surface area contributed by atoms with Crippen molar-refractivity contribution < 1.29 is 23.9 Å². The van der Waals surface area contributed by atoms with E-state index in [1.54, 1.807) is 24.3 Å². The third-order valence-electron chi connectivity index (χ3n) is 5.41. The molecule has 0 saturated carbocycles. The molecule has 0 bridgehead atoms. The lowest BCUT2D eigenvalue weighted by molar-refractivity contribution is -0.122. The van der Waals surface area contributed by atoms with Gasteiger partial charge in [0, 0.05) is 10.7 Å². The summed E-state index contributed by atoms with van der Waals surface area (Å²) in [6, 6.07) is 17.5. The van der Waals surface area contributed by atoms with Gasteiger partial charge in [0.25, 0.3) is 17.7 Å². The Morgan fingerprint density at radius 3 is 2.39 bits per heavy atom. The van der Waals surface area contributed by atoms with Gasteiger partial charge in [-0.2, -0.15) is 0 Å². The van der Waals surface area contributed by atoms with Gasteiger partial charge in [-0.3, -0.25) is 19.7 Å². The standard InChI is InChI=1S/C27H22ClN3O5/c1-16-3-4-17(2)23(13-16)29-24(32)15-36-21-11-5-18(6-12-21)14-22-25(33)30-27(35)31(26(22)34)20-9-7-19(28)8-10-20/h3-14H,15H2,1-2H3,(H,29,32)(H,30,33,35)/b22-14-. The molecule has 1 saturated heterocycles. The number of aryl methyl sites for hydroxylation is 2. The van der Waals surface area contributed by atoms with Crippen LogP contribution in [0.1, 0.15) is 16.7 Å². The molecule has 3 aromatic rings. The maximum atomic E-state index is 12.9. The van der Waals surface area contributed by atoms with Crippen LogP contribution < -0.4 is 20.3 Å². The number of ether oxygens (including phenoxy) is 1. The molecular weight excluding hydrogens is 482 g/mol. The van der Waals surface area contributed by atoms with Gasteiger partial charge in [-0.15, -0.1) is 0 Å². The number of rotatable bonds is 6. The highest BCUT2D eigenvalue weighted by Crippen LogP contribution is 2.24. The molecule has 1 aliphatic rings. The van der Waals surface area contributed by atoms with Gasteiger partial charge >= 0.3 is 6.03 Å². The topological polar surface area (TPSA) is 105 Å². The van der Waals surface area contributed by atoms with E-state index in [-0.39, 0.29) is 23.8 Å². The summed E-state index contributed by atoms with van der Waals surface area (Å²) in [5.74, 6) is -1.41.